The quantitative estimate of drug-likeness (QED) is 0.346. The summed E-state index contributed by atoms with van der Waals surface area (Å²) in [6, 6.07) is 17.0. The third-order valence-corrected chi connectivity index (χ3v) is 6.94. The van der Waals surface area contributed by atoms with Crippen LogP contribution in [-0.2, 0) is 23.6 Å². The van der Waals surface area contributed by atoms with Crippen LogP contribution in [0, 0.1) is 11.3 Å². The van der Waals surface area contributed by atoms with Crippen molar-refractivity contribution in [2.45, 2.75) is 42.9 Å². The molecule has 0 amide bonds. The van der Waals surface area contributed by atoms with E-state index in [2.05, 4.69) is 25.8 Å². The second-order valence-corrected chi connectivity index (χ2v) is 9.11. The lowest BCUT2D eigenvalue weighted by Gasteiger charge is -2.15. The highest BCUT2D eigenvalue weighted by Crippen LogP contribution is 2.29. The Morgan fingerprint density at radius 3 is 2.74 bits per heavy atom. The van der Waals surface area contributed by atoms with Crippen molar-refractivity contribution in [1.29, 1.82) is 5.26 Å². The topological polar surface area (TPSA) is 108 Å². The molecule has 178 valence electrons. The Kier molecular flexibility index (Phi) is 6.79. The van der Waals surface area contributed by atoms with E-state index >= 15 is 0 Å². The largest absolute Gasteiger partial charge is 0.497 e. The van der Waals surface area contributed by atoms with Crippen LogP contribution >= 0.6 is 11.8 Å². The molecule has 10 heteroatoms. The number of para-hydroxylation sites is 1. The third-order valence-electron chi connectivity index (χ3n) is 5.98. The molecule has 3 heterocycles. The minimum Gasteiger partial charge on any atom is -0.497 e. The highest BCUT2D eigenvalue weighted by atomic mass is 32.2. The van der Waals surface area contributed by atoms with E-state index in [-0.39, 0.29) is 18.2 Å². The van der Waals surface area contributed by atoms with Gasteiger partial charge in [-0.1, -0.05) is 23.9 Å². The molecular weight excluding hydrogens is 464 g/mol. The SMILES string of the molecule is COc1ccc(-c2nnc(SCc3nc4ccccc4c(=O)n3CC#N)n2CC2CCCO2)cc1. The fraction of sp³-hybridized carbons (Fsp3) is 0.320. The van der Waals surface area contributed by atoms with E-state index in [1.807, 2.05) is 36.4 Å². The zero-order valence-corrected chi connectivity index (χ0v) is 20.1. The van der Waals surface area contributed by atoms with Crippen LogP contribution in [-0.4, -0.2) is 44.1 Å². The molecule has 0 radical (unpaired) electrons. The summed E-state index contributed by atoms with van der Waals surface area (Å²) in [6.45, 7) is 1.33. The van der Waals surface area contributed by atoms with Gasteiger partial charge < -0.3 is 9.47 Å². The molecule has 1 saturated heterocycles. The maximum absolute atomic E-state index is 13.0. The van der Waals surface area contributed by atoms with Gasteiger partial charge in [-0.05, 0) is 49.2 Å². The molecule has 0 spiro atoms. The molecule has 5 rings (SSSR count). The molecule has 35 heavy (non-hydrogen) atoms. The lowest BCUT2D eigenvalue weighted by atomic mass is 10.2. The van der Waals surface area contributed by atoms with Crippen LogP contribution in [0.1, 0.15) is 18.7 Å². The molecule has 0 aliphatic carbocycles. The number of aromatic nitrogens is 5. The van der Waals surface area contributed by atoms with Crippen LogP contribution in [0.15, 0.2) is 58.5 Å². The summed E-state index contributed by atoms with van der Waals surface area (Å²) < 4.78 is 14.7. The molecule has 0 saturated carbocycles. The first-order valence-corrected chi connectivity index (χ1v) is 12.3. The molecule has 1 atom stereocenters. The van der Waals surface area contributed by atoms with Crippen LogP contribution in [0.2, 0.25) is 0 Å². The monoisotopic (exact) mass is 488 g/mol. The number of ether oxygens (including phenoxy) is 2. The molecule has 9 nitrogen and oxygen atoms in total. The Morgan fingerprint density at radius 2 is 2.00 bits per heavy atom. The average molecular weight is 489 g/mol. The van der Waals surface area contributed by atoms with Crippen molar-refractivity contribution in [3.05, 3.63) is 64.7 Å². The van der Waals surface area contributed by atoms with Gasteiger partial charge in [0, 0.05) is 12.2 Å². The number of nitrogens with zero attached hydrogens (tertiary/aromatic N) is 6. The molecule has 1 fully saturated rings. The number of hydrogen-bond acceptors (Lipinski definition) is 8. The molecule has 0 bridgehead atoms. The minimum absolute atomic E-state index is 0.0632. The van der Waals surface area contributed by atoms with Gasteiger partial charge in [0.15, 0.2) is 11.0 Å². The Labute approximate surface area is 206 Å². The van der Waals surface area contributed by atoms with Gasteiger partial charge >= 0.3 is 0 Å². The smallest absolute Gasteiger partial charge is 0.262 e. The maximum atomic E-state index is 13.0. The summed E-state index contributed by atoms with van der Waals surface area (Å²) in [5.41, 5.74) is 1.32. The Morgan fingerprint density at radius 1 is 1.17 bits per heavy atom. The first-order chi connectivity index (χ1) is 17.2. The predicted molar refractivity (Wildman–Crippen MR) is 132 cm³/mol. The number of methoxy groups -OCH3 is 1. The van der Waals surface area contributed by atoms with Crippen molar-refractivity contribution in [3.63, 3.8) is 0 Å². The summed E-state index contributed by atoms with van der Waals surface area (Å²) in [5.74, 6) is 2.41. The van der Waals surface area contributed by atoms with Crippen LogP contribution < -0.4 is 10.3 Å². The Hall–Kier alpha value is -3.68. The van der Waals surface area contributed by atoms with Crippen molar-refractivity contribution in [2.75, 3.05) is 13.7 Å². The molecule has 1 aliphatic rings. The molecule has 1 aliphatic heterocycles. The van der Waals surface area contributed by atoms with Crippen molar-refractivity contribution in [2.24, 2.45) is 0 Å². The number of fused-ring (bicyclic) bond motifs is 1. The van der Waals surface area contributed by atoms with Gasteiger partial charge in [-0.2, -0.15) is 5.26 Å². The van der Waals surface area contributed by atoms with Crippen LogP contribution in [0.3, 0.4) is 0 Å². The van der Waals surface area contributed by atoms with E-state index in [0.717, 1.165) is 36.6 Å². The zero-order chi connectivity index (χ0) is 24.2. The van der Waals surface area contributed by atoms with E-state index in [1.54, 1.807) is 19.2 Å². The summed E-state index contributed by atoms with van der Waals surface area (Å²) >= 11 is 1.44. The second-order valence-electron chi connectivity index (χ2n) is 8.16. The van der Waals surface area contributed by atoms with Crippen molar-refractivity contribution in [1.82, 2.24) is 24.3 Å². The zero-order valence-electron chi connectivity index (χ0n) is 19.3. The van der Waals surface area contributed by atoms with E-state index in [4.69, 9.17) is 9.47 Å². The molecule has 0 N–H and O–H groups in total. The van der Waals surface area contributed by atoms with E-state index in [1.165, 1.54) is 16.3 Å². The van der Waals surface area contributed by atoms with Gasteiger partial charge in [0.2, 0.25) is 0 Å². The van der Waals surface area contributed by atoms with Gasteiger partial charge in [-0.15, -0.1) is 10.2 Å². The van der Waals surface area contributed by atoms with Crippen molar-refractivity contribution in [3.8, 4) is 23.2 Å². The average Bonchev–Trinajstić information content (AvgIpc) is 3.55. The predicted octanol–water partition coefficient (Wildman–Crippen LogP) is 3.66. The molecule has 2 aromatic carbocycles. The first kappa shape index (κ1) is 23.1. The fourth-order valence-electron chi connectivity index (χ4n) is 4.19. The van der Waals surface area contributed by atoms with Crippen LogP contribution in [0.4, 0.5) is 0 Å². The number of rotatable bonds is 8. The Bertz CT molecular complexity index is 1430. The number of hydrogen-bond donors (Lipinski definition) is 0. The van der Waals surface area contributed by atoms with Gasteiger partial charge in [-0.3, -0.25) is 13.9 Å². The van der Waals surface area contributed by atoms with Crippen LogP contribution in [0.25, 0.3) is 22.3 Å². The Balaban J connectivity index is 1.49. The first-order valence-electron chi connectivity index (χ1n) is 11.4. The van der Waals surface area contributed by atoms with Gasteiger partial charge in [0.25, 0.3) is 5.56 Å². The van der Waals surface area contributed by atoms with Crippen LogP contribution in [0.5, 0.6) is 5.75 Å². The van der Waals surface area contributed by atoms with E-state index < -0.39 is 0 Å². The minimum atomic E-state index is -0.215. The van der Waals surface area contributed by atoms with Crippen molar-refractivity contribution >= 4 is 22.7 Å². The number of nitriles is 1. The molecular formula is C25H24N6O3S. The summed E-state index contributed by atoms with van der Waals surface area (Å²) in [5, 5.41) is 19.4. The summed E-state index contributed by atoms with van der Waals surface area (Å²) in [7, 11) is 1.64. The van der Waals surface area contributed by atoms with E-state index in [9.17, 15) is 10.1 Å². The highest BCUT2D eigenvalue weighted by molar-refractivity contribution is 7.98. The summed E-state index contributed by atoms with van der Waals surface area (Å²) in [4.78, 5) is 17.7. The third kappa shape index (κ3) is 4.78. The standard InChI is InChI=1S/C25H24N6O3S/c1-33-18-10-8-17(9-11-18)23-28-29-25(31(23)15-19-5-4-14-34-19)35-16-22-27-21-7-3-2-6-20(21)24(32)30(22)13-12-26/h2-3,6-11,19H,4-5,13-16H2,1H3. The van der Waals surface area contributed by atoms with Crippen molar-refractivity contribution < 1.29 is 9.47 Å². The lowest BCUT2D eigenvalue weighted by molar-refractivity contribution is 0.0953. The summed E-state index contributed by atoms with van der Waals surface area (Å²) in [6.07, 6.45) is 2.12. The van der Waals surface area contributed by atoms with E-state index in [0.29, 0.717) is 34.2 Å². The lowest BCUT2D eigenvalue weighted by Crippen LogP contribution is -2.24. The maximum Gasteiger partial charge on any atom is 0.262 e. The van der Waals surface area contributed by atoms with Gasteiger partial charge in [0.1, 0.15) is 18.1 Å². The normalized spacial score (nSPS) is 15.4. The molecule has 4 aromatic rings. The fourth-order valence-corrected chi connectivity index (χ4v) is 5.09. The molecule has 2 aromatic heterocycles. The molecule has 1 unspecified atom stereocenters. The number of thioether (sulfide) groups is 1. The highest BCUT2D eigenvalue weighted by Gasteiger charge is 2.22. The van der Waals surface area contributed by atoms with Gasteiger partial charge in [0.05, 0.1) is 42.5 Å². The number of benzene rings is 2. The second kappa shape index (κ2) is 10.3. The van der Waals surface area contributed by atoms with Gasteiger partial charge in [-0.25, -0.2) is 4.98 Å².